The lowest BCUT2D eigenvalue weighted by molar-refractivity contribution is -0.136. The van der Waals surface area contributed by atoms with Crippen LogP contribution in [0.25, 0.3) is 16.7 Å². The number of allylic oxidation sites excluding steroid dienone is 5. The van der Waals surface area contributed by atoms with Crippen LogP contribution in [-0.4, -0.2) is 35.8 Å². The van der Waals surface area contributed by atoms with E-state index in [9.17, 15) is 19.8 Å². The summed E-state index contributed by atoms with van der Waals surface area (Å²) in [6.45, 7) is 4.23. The lowest BCUT2D eigenvalue weighted by Gasteiger charge is -2.63. The van der Waals surface area contributed by atoms with Crippen molar-refractivity contribution in [2.45, 2.75) is 77.7 Å². The minimum atomic E-state index is -0.885. The van der Waals surface area contributed by atoms with Crippen molar-refractivity contribution in [2.24, 2.45) is 34.5 Å². The molecule has 2 heterocycles. The quantitative estimate of drug-likeness (QED) is 0.198. The molecule has 1 saturated heterocycles. The van der Waals surface area contributed by atoms with Crippen LogP contribution < -0.4 is 5.32 Å². The van der Waals surface area contributed by atoms with E-state index < -0.39 is 10.8 Å². The molecule has 5 aliphatic carbocycles. The number of phenols is 1. The van der Waals surface area contributed by atoms with Crippen LogP contribution in [0, 0.1) is 34.5 Å². The lowest BCUT2D eigenvalue weighted by Crippen LogP contribution is -2.59. The maximum Gasteiger partial charge on any atom is 0.340 e. The largest absolute Gasteiger partial charge is 0.508 e. The minimum Gasteiger partial charge on any atom is -0.508 e. The van der Waals surface area contributed by atoms with E-state index in [1.54, 1.807) is 6.07 Å². The number of esters is 2. The molecule has 3 N–H and O–H groups in total. The fourth-order valence-corrected chi connectivity index (χ4v) is 11.5. The molecule has 3 aromatic rings. The number of hydrogen-bond donors (Lipinski definition) is 3. The molecule has 55 heavy (non-hydrogen) atoms. The first-order valence-corrected chi connectivity index (χ1v) is 20.3. The summed E-state index contributed by atoms with van der Waals surface area (Å²) in [5, 5.41) is 24.6. The molecule has 7 nitrogen and oxygen atoms in total. The van der Waals surface area contributed by atoms with Crippen LogP contribution in [0.15, 0.2) is 113 Å². The van der Waals surface area contributed by atoms with Gasteiger partial charge in [0.25, 0.3) is 0 Å². The molecule has 0 aromatic heterocycles. The highest BCUT2D eigenvalue weighted by atomic mass is 16.5. The Labute approximate surface area is 323 Å². The number of aliphatic hydroxyl groups excluding tert-OH is 1. The molecule has 7 heteroatoms. The number of carbonyl (C=O) groups is 2. The summed E-state index contributed by atoms with van der Waals surface area (Å²) in [4.78, 5) is 29.4. The van der Waals surface area contributed by atoms with Crippen molar-refractivity contribution >= 4 is 17.5 Å². The second-order valence-electron chi connectivity index (χ2n) is 16.9. The third-order valence-electron chi connectivity index (χ3n) is 14.1. The fourth-order valence-electron chi connectivity index (χ4n) is 11.5. The molecule has 7 atom stereocenters. The summed E-state index contributed by atoms with van der Waals surface area (Å²) >= 11 is 0. The van der Waals surface area contributed by atoms with Crippen LogP contribution in [0.5, 0.6) is 5.75 Å². The maximum absolute atomic E-state index is 14.9. The third kappa shape index (κ3) is 5.52. The van der Waals surface area contributed by atoms with Gasteiger partial charge in [0, 0.05) is 29.7 Å². The highest BCUT2D eigenvalue weighted by molar-refractivity contribution is 6.08. The molecule has 1 saturated carbocycles. The van der Waals surface area contributed by atoms with Crippen molar-refractivity contribution in [1.29, 1.82) is 0 Å². The van der Waals surface area contributed by atoms with Crippen molar-refractivity contribution < 1.29 is 29.3 Å². The van der Waals surface area contributed by atoms with Gasteiger partial charge >= 0.3 is 11.9 Å². The number of fused-ring (bicyclic) bond motifs is 5. The third-order valence-corrected chi connectivity index (χ3v) is 14.1. The number of cyclic esters (lactones) is 2. The van der Waals surface area contributed by atoms with Crippen LogP contribution >= 0.6 is 0 Å². The van der Waals surface area contributed by atoms with Crippen LogP contribution in [0.4, 0.5) is 0 Å². The Hall–Kier alpha value is -4.72. The van der Waals surface area contributed by atoms with Gasteiger partial charge in [-0.05, 0) is 152 Å². The number of ether oxygens (including phenoxy) is 2. The van der Waals surface area contributed by atoms with Gasteiger partial charge in [0.2, 0.25) is 0 Å². The maximum atomic E-state index is 14.9. The van der Waals surface area contributed by atoms with Gasteiger partial charge in [0.15, 0.2) is 0 Å². The SMILES string of the molecule is CCC(C=C1OC(=O)C2=C3c4cc(O)ccc4-c4cccc(c4)C(NC)CCC45CCC6=C(C(=O)OC6=CCC(C)CO)C4C12CCC35)Cc1ccccc1. The van der Waals surface area contributed by atoms with E-state index >= 15 is 0 Å². The van der Waals surface area contributed by atoms with Gasteiger partial charge in [0.05, 0.1) is 11.0 Å². The molecule has 3 aromatic carbocycles. The Morgan fingerprint density at radius 3 is 2.55 bits per heavy atom. The second-order valence-corrected chi connectivity index (χ2v) is 16.9. The number of phenolic OH excluding ortho intramolecular Hbond substituents is 1. The zero-order valence-corrected chi connectivity index (χ0v) is 32.1. The summed E-state index contributed by atoms with van der Waals surface area (Å²) in [6, 6.07) is 24.8. The molecule has 0 radical (unpaired) electrons. The van der Waals surface area contributed by atoms with Crippen molar-refractivity contribution in [1.82, 2.24) is 5.32 Å². The molecule has 10 rings (SSSR count). The first-order valence-electron chi connectivity index (χ1n) is 20.3. The van der Waals surface area contributed by atoms with E-state index in [2.05, 4.69) is 66.8 Å². The highest BCUT2D eigenvalue weighted by Gasteiger charge is 2.73. The lowest BCUT2D eigenvalue weighted by atomic mass is 9.37. The Kier molecular flexibility index (Phi) is 9.01. The first-order chi connectivity index (χ1) is 26.7. The van der Waals surface area contributed by atoms with Gasteiger partial charge in [-0.25, -0.2) is 9.59 Å². The van der Waals surface area contributed by atoms with E-state index in [0.29, 0.717) is 41.9 Å². The Morgan fingerprint density at radius 2 is 1.76 bits per heavy atom. The van der Waals surface area contributed by atoms with Crippen molar-refractivity contribution in [3.8, 4) is 16.9 Å². The topological polar surface area (TPSA) is 105 Å². The molecule has 2 fully saturated rings. The van der Waals surface area contributed by atoms with E-state index in [0.717, 1.165) is 66.4 Å². The Morgan fingerprint density at radius 1 is 0.927 bits per heavy atom. The molecule has 7 aliphatic rings. The molecule has 6 bridgehead atoms. The second kappa shape index (κ2) is 13.8. The minimum absolute atomic E-state index is 0.0354. The summed E-state index contributed by atoms with van der Waals surface area (Å²) in [5.41, 5.74) is 7.33. The Bertz CT molecular complexity index is 2200. The molecular formula is C48H51NO6. The van der Waals surface area contributed by atoms with Crippen LogP contribution in [0.2, 0.25) is 0 Å². The number of benzene rings is 3. The predicted octanol–water partition coefficient (Wildman–Crippen LogP) is 9.14. The first kappa shape index (κ1) is 35.9. The normalized spacial score (nSPS) is 30.3. The van der Waals surface area contributed by atoms with Gasteiger partial charge < -0.3 is 25.0 Å². The predicted molar refractivity (Wildman–Crippen MR) is 212 cm³/mol. The van der Waals surface area contributed by atoms with E-state index in [-0.39, 0.29) is 54.0 Å². The average Bonchev–Trinajstić information content (AvgIpc) is 3.68. The van der Waals surface area contributed by atoms with Gasteiger partial charge in [-0.3, -0.25) is 0 Å². The van der Waals surface area contributed by atoms with Crippen molar-refractivity contribution in [3.63, 3.8) is 0 Å². The van der Waals surface area contributed by atoms with E-state index in [1.165, 1.54) is 11.1 Å². The molecular weight excluding hydrogens is 687 g/mol. The number of aliphatic hydroxyl groups is 1. The fraction of sp³-hybridized carbons (Fsp3) is 0.417. The zero-order valence-electron chi connectivity index (χ0n) is 32.1. The smallest absolute Gasteiger partial charge is 0.340 e. The van der Waals surface area contributed by atoms with Gasteiger partial charge in [0.1, 0.15) is 17.3 Å². The molecule has 2 aliphatic heterocycles. The van der Waals surface area contributed by atoms with E-state index in [1.807, 2.05) is 38.2 Å². The van der Waals surface area contributed by atoms with Crippen molar-refractivity contribution in [2.75, 3.05) is 13.7 Å². The van der Waals surface area contributed by atoms with Gasteiger partial charge in [-0.2, -0.15) is 0 Å². The van der Waals surface area contributed by atoms with E-state index in [4.69, 9.17) is 9.47 Å². The number of carbonyl (C=O) groups excluding carboxylic acids is 2. The van der Waals surface area contributed by atoms with Gasteiger partial charge in [-0.1, -0.05) is 68.4 Å². The van der Waals surface area contributed by atoms with Crippen LogP contribution in [0.1, 0.15) is 87.9 Å². The van der Waals surface area contributed by atoms with Gasteiger partial charge in [-0.15, -0.1) is 0 Å². The number of rotatable bonds is 8. The molecule has 2 spiro atoms. The number of hydrogen-bond acceptors (Lipinski definition) is 7. The zero-order chi connectivity index (χ0) is 38.1. The molecule has 0 amide bonds. The van der Waals surface area contributed by atoms with Crippen molar-refractivity contribution in [3.05, 3.63) is 130 Å². The highest BCUT2D eigenvalue weighted by Crippen LogP contribution is 2.77. The molecule has 284 valence electrons. The summed E-state index contributed by atoms with van der Waals surface area (Å²) in [5.74, 6) is 0.548. The Balaban J connectivity index is 1.34. The number of aromatic hydroxyl groups is 1. The summed E-state index contributed by atoms with van der Waals surface area (Å²) in [6.07, 6.45) is 11.2. The number of nitrogens with one attached hydrogen (secondary N) is 1. The molecule has 7 unspecified atom stereocenters. The van der Waals surface area contributed by atoms with Crippen LogP contribution in [0.3, 0.4) is 0 Å². The monoisotopic (exact) mass is 737 g/mol. The van der Waals surface area contributed by atoms with Crippen LogP contribution in [-0.2, 0) is 25.5 Å². The standard InChI is InChI=1S/C48H51NO6/c1-4-29(23-30-9-6-5-7-10-30)24-40-48-22-18-37-41(43(48)46(53)55-40)36-26-33(51)14-15-34(36)31-11-8-12-32(25-31)38(49-3)19-21-47(37)20-17-35-39(16-13-28(2)27-50)54-45(52)42(35)44(47)48/h5-12,14-16,24-26,28-29,37-38,44,49-51H,4,13,17-23,27H2,1-3H3. The summed E-state index contributed by atoms with van der Waals surface area (Å²) in [7, 11) is 2.02. The average molecular weight is 738 g/mol. The summed E-state index contributed by atoms with van der Waals surface area (Å²) < 4.78 is 12.8.